The number of hydrogen-bond acceptors (Lipinski definition) is 2. The highest BCUT2D eigenvalue weighted by molar-refractivity contribution is 5.60. The molecule has 0 bridgehead atoms. The lowest BCUT2D eigenvalue weighted by Crippen LogP contribution is -1.80. The monoisotopic (exact) mass is 212 g/mol. The van der Waals surface area contributed by atoms with Gasteiger partial charge in [0.15, 0.2) is 4.98 Å². The Hall–Kier alpha value is -2.21. The van der Waals surface area contributed by atoms with E-state index in [4.69, 9.17) is 5.39 Å². The van der Waals surface area contributed by atoms with Crippen LogP contribution in [0.25, 0.3) is 16.2 Å². The third-order valence-corrected chi connectivity index (χ3v) is 1.93. The van der Waals surface area contributed by atoms with Gasteiger partial charge >= 0.3 is 5.69 Å². The van der Waals surface area contributed by atoms with Crippen LogP contribution in [0.5, 0.6) is 0 Å². The molecule has 0 N–H and O–H groups in total. The molecule has 0 radical (unpaired) electrons. The van der Waals surface area contributed by atoms with E-state index in [2.05, 4.69) is 9.96 Å². The fraction of sp³-hybridized carbons (Fsp3) is 0.154. The van der Waals surface area contributed by atoms with Gasteiger partial charge in [0.05, 0.1) is 5.69 Å². The van der Waals surface area contributed by atoms with Gasteiger partial charge in [-0.15, -0.1) is 0 Å². The Balaban J connectivity index is 0.000000606. The summed E-state index contributed by atoms with van der Waals surface area (Å²) in [6.45, 7) is 4.00. The quantitative estimate of drug-likeness (QED) is 0.663. The molecule has 0 fully saturated rings. The van der Waals surface area contributed by atoms with E-state index in [0.717, 1.165) is 11.3 Å². The third-order valence-electron chi connectivity index (χ3n) is 1.93. The summed E-state index contributed by atoms with van der Waals surface area (Å²) >= 11 is 0. The first-order chi connectivity index (χ1) is 7.90. The van der Waals surface area contributed by atoms with Crippen LogP contribution in [0.4, 0.5) is 5.69 Å². The molecule has 2 aromatic rings. The number of hydrogen-bond donors (Lipinski definition) is 0. The molecule has 16 heavy (non-hydrogen) atoms. The SMILES string of the molecule is CC.N#[N+]c1ccc(-c2ccccc2)nc1. The molecule has 80 valence electrons. The highest BCUT2D eigenvalue weighted by Gasteiger charge is 2.04. The molecule has 0 aliphatic rings. The summed E-state index contributed by atoms with van der Waals surface area (Å²) in [5.41, 5.74) is 2.39. The number of pyridine rings is 1. The van der Waals surface area contributed by atoms with Crippen LogP contribution in [-0.4, -0.2) is 4.98 Å². The normalized spacial score (nSPS) is 8.56. The molecule has 0 aliphatic carbocycles. The lowest BCUT2D eigenvalue weighted by Gasteiger charge is -1.96. The molecular formula is C13H14N3+. The molecule has 1 aromatic heterocycles. The van der Waals surface area contributed by atoms with Crippen molar-refractivity contribution in [1.82, 2.24) is 4.98 Å². The van der Waals surface area contributed by atoms with E-state index in [9.17, 15) is 0 Å². The number of benzene rings is 1. The van der Waals surface area contributed by atoms with E-state index < -0.39 is 0 Å². The largest absolute Gasteiger partial charge is 0.403 e. The van der Waals surface area contributed by atoms with Gasteiger partial charge in [-0.2, -0.15) is 0 Å². The molecule has 2 rings (SSSR count). The summed E-state index contributed by atoms with van der Waals surface area (Å²) in [5, 5.41) is 8.48. The van der Waals surface area contributed by atoms with Crippen LogP contribution in [0.3, 0.4) is 0 Å². The van der Waals surface area contributed by atoms with Crippen molar-refractivity contribution < 1.29 is 0 Å². The molecule has 3 nitrogen and oxygen atoms in total. The van der Waals surface area contributed by atoms with Gasteiger partial charge in [-0.05, 0) is 6.07 Å². The zero-order valence-electron chi connectivity index (χ0n) is 9.46. The highest BCUT2D eigenvalue weighted by atomic mass is 14.9. The van der Waals surface area contributed by atoms with Crippen LogP contribution >= 0.6 is 0 Å². The standard InChI is InChI=1S/C11H8N3.C2H6/c12-14-10-6-7-11(13-8-10)9-4-2-1-3-5-9;1-2/h1-8H;1-2H3/q+1;. The minimum Gasteiger partial charge on any atom is -0.248 e. The molecule has 0 atom stereocenters. The van der Waals surface area contributed by atoms with Gasteiger partial charge in [-0.1, -0.05) is 44.2 Å². The Morgan fingerprint density at radius 3 is 2.19 bits per heavy atom. The number of nitrogens with zero attached hydrogens (tertiary/aromatic N) is 3. The average Bonchev–Trinajstić information content (AvgIpc) is 2.42. The Morgan fingerprint density at radius 2 is 1.69 bits per heavy atom. The van der Waals surface area contributed by atoms with Crippen molar-refractivity contribution >= 4 is 5.69 Å². The van der Waals surface area contributed by atoms with Crippen molar-refractivity contribution in [2.75, 3.05) is 0 Å². The first kappa shape index (κ1) is 11.9. The van der Waals surface area contributed by atoms with Gasteiger partial charge in [0, 0.05) is 11.6 Å². The van der Waals surface area contributed by atoms with E-state index in [1.807, 2.05) is 50.2 Å². The van der Waals surface area contributed by atoms with E-state index in [0.29, 0.717) is 5.69 Å². The lowest BCUT2D eigenvalue weighted by atomic mass is 10.1. The van der Waals surface area contributed by atoms with E-state index in [-0.39, 0.29) is 0 Å². The van der Waals surface area contributed by atoms with Gasteiger partial charge in [0.1, 0.15) is 6.20 Å². The van der Waals surface area contributed by atoms with Crippen LogP contribution < -0.4 is 0 Å². The molecular weight excluding hydrogens is 198 g/mol. The minimum absolute atomic E-state index is 0.463. The second-order valence-corrected chi connectivity index (χ2v) is 2.87. The molecule has 0 saturated heterocycles. The molecule has 0 amide bonds. The van der Waals surface area contributed by atoms with Crippen LogP contribution in [0.2, 0.25) is 0 Å². The maximum Gasteiger partial charge on any atom is 0.403 e. The summed E-state index contributed by atoms with van der Waals surface area (Å²) < 4.78 is 0. The first-order valence-electron chi connectivity index (χ1n) is 5.27. The van der Waals surface area contributed by atoms with Gasteiger partial charge in [0.25, 0.3) is 0 Å². The van der Waals surface area contributed by atoms with Gasteiger partial charge in [-0.25, -0.2) is 4.98 Å². The van der Waals surface area contributed by atoms with Crippen LogP contribution in [0.1, 0.15) is 13.8 Å². The van der Waals surface area contributed by atoms with Crippen molar-refractivity contribution in [3.63, 3.8) is 0 Å². The molecule has 0 saturated carbocycles. The lowest BCUT2D eigenvalue weighted by molar-refractivity contribution is 1.32. The van der Waals surface area contributed by atoms with Crippen LogP contribution in [-0.2, 0) is 0 Å². The van der Waals surface area contributed by atoms with Gasteiger partial charge < -0.3 is 0 Å². The maximum atomic E-state index is 8.48. The Kier molecular flexibility index (Phi) is 4.68. The van der Waals surface area contributed by atoms with E-state index in [1.165, 1.54) is 6.20 Å². The van der Waals surface area contributed by atoms with Gasteiger partial charge in [0.2, 0.25) is 5.39 Å². The zero-order valence-corrected chi connectivity index (χ0v) is 9.46. The van der Waals surface area contributed by atoms with Crippen molar-refractivity contribution in [3.8, 4) is 11.3 Å². The smallest absolute Gasteiger partial charge is 0.248 e. The average molecular weight is 212 g/mol. The van der Waals surface area contributed by atoms with Crippen LogP contribution in [0.15, 0.2) is 48.7 Å². The Morgan fingerprint density at radius 1 is 1.00 bits per heavy atom. The number of aromatic nitrogens is 1. The zero-order chi connectivity index (χ0) is 11.8. The predicted octanol–water partition coefficient (Wildman–Crippen LogP) is 4.26. The first-order valence-corrected chi connectivity index (χ1v) is 5.27. The Bertz CT molecular complexity index is 455. The maximum absolute atomic E-state index is 8.48. The molecule has 0 spiro atoms. The van der Waals surface area contributed by atoms with Gasteiger partial charge in [-0.3, -0.25) is 0 Å². The third kappa shape index (κ3) is 2.89. The van der Waals surface area contributed by atoms with E-state index >= 15 is 0 Å². The molecule has 0 aliphatic heterocycles. The topological polar surface area (TPSA) is 41.0 Å². The summed E-state index contributed by atoms with van der Waals surface area (Å²) in [6.07, 6.45) is 1.53. The Labute approximate surface area is 95.4 Å². The summed E-state index contributed by atoms with van der Waals surface area (Å²) in [4.78, 5) is 7.21. The minimum atomic E-state index is 0.463. The predicted molar refractivity (Wildman–Crippen MR) is 65.8 cm³/mol. The van der Waals surface area contributed by atoms with E-state index in [1.54, 1.807) is 6.07 Å². The molecule has 1 heterocycles. The van der Waals surface area contributed by atoms with Crippen LogP contribution in [0, 0.1) is 5.39 Å². The summed E-state index contributed by atoms with van der Waals surface area (Å²) in [7, 11) is 0. The molecule has 3 heteroatoms. The number of rotatable bonds is 1. The fourth-order valence-electron chi connectivity index (χ4n) is 1.22. The molecule has 0 unspecified atom stereocenters. The second kappa shape index (κ2) is 6.31. The number of diazo groups is 1. The van der Waals surface area contributed by atoms with Crippen molar-refractivity contribution in [3.05, 3.63) is 53.6 Å². The van der Waals surface area contributed by atoms with Crippen molar-refractivity contribution in [1.29, 1.82) is 5.39 Å². The van der Waals surface area contributed by atoms with Crippen molar-refractivity contribution in [2.24, 2.45) is 0 Å². The second-order valence-electron chi connectivity index (χ2n) is 2.87. The fourth-order valence-corrected chi connectivity index (χ4v) is 1.22. The summed E-state index contributed by atoms with van der Waals surface area (Å²) in [5.74, 6) is 0. The summed E-state index contributed by atoms with van der Waals surface area (Å²) in [6, 6.07) is 13.4. The molecule has 1 aromatic carbocycles. The van der Waals surface area contributed by atoms with Crippen molar-refractivity contribution in [2.45, 2.75) is 13.8 Å². The highest BCUT2D eigenvalue weighted by Crippen LogP contribution is 2.18.